The van der Waals surface area contributed by atoms with Gasteiger partial charge in [0.2, 0.25) is 0 Å². The zero-order valence-electron chi connectivity index (χ0n) is 16.1. The molecule has 0 saturated carbocycles. The monoisotopic (exact) mass is 391 g/mol. The molecule has 0 aliphatic carbocycles. The van der Waals surface area contributed by atoms with Crippen LogP contribution in [0.1, 0.15) is 23.6 Å². The fourth-order valence-electron chi connectivity index (χ4n) is 2.90. The molecule has 0 saturated heterocycles. The average Bonchev–Trinajstić information content (AvgIpc) is 3.12. The number of hydrogen-bond acceptors (Lipinski definition) is 5. The maximum atomic E-state index is 12.2. The van der Waals surface area contributed by atoms with E-state index in [4.69, 9.17) is 0 Å². The van der Waals surface area contributed by atoms with Crippen LogP contribution in [0.3, 0.4) is 0 Å². The molecule has 2 rings (SSSR count). The van der Waals surface area contributed by atoms with Gasteiger partial charge in [-0.05, 0) is 73.9 Å². The molecular weight excluding hydrogens is 362 g/mol. The predicted octanol–water partition coefficient (Wildman–Crippen LogP) is 2.35. The molecule has 0 radical (unpaired) electrons. The van der Waals surface area contributed by atoms with Crippen molar-refractivity contribution in [3.05, 3.63) is 51.7 Å². The Morgan fingerprint density at radius 3 is 2.63 bits per heavy atom. The third-order valence-corrected chi connectivity index (χ3v) is 5.25. The fraction of sp³-hybridized carbons (Fsp3) is 0.450. The van der Waals surface area contributed by atoms with Crippen LogP contribution in [-0.2, 0) is 19.4 Å². The van der Waals surface area contributed by atoms with Gasteiger partial charge >= 0.3 is 6.03 Å². The van der Waals surface area contributed by atoms with E-state index in [-0.39, 0.29) is 30.5 Å². The van der Waals surface area contributed by atoms with Crippen molar-refractivity contribution in [2.75, 3.05) is 20.6 Å². The molecule has 2 atom stereocenters. The molecule has 0 aliphatic rings. The van der Waals surface area contributed by atoms with Crippen LogP contribution in [0.25, 0.3) is 0 Å². The van der Waals surface area contributed by atoms with Crippen molar-refractivity contribution in [3.63, 3.8) is 0 Å². The summed E-state index contributed by atoms with van der Waals surface area (Å²) in [4.78, 5) is 14.3. The van der Waals surface area contributed by atoms with Gasteiger partial charge in [-0.15, -0.1) is 0 Å². The molecule has 0 spiro atoms. The maximum absolute atomic E-state index is 12.2. The average molecular weight is 392 g/mol. The third kappa shape index (κ3) is 6.86. The summed E-state index contributed by atoms with van der Waals surface area (Å²) in [6, 6.07) is 7.29. The number of urea groups is 1. The van der Waals surface area contributed by atoms with Crippen molar-refractivity contribution in [1.82, 2.24) is 15.5 Å². The van der Waals surface area contributed by atoms with Crippen LogP contribution in [0.4, 0.5) is 4.79 Å². The molecule has 1 aromatic carbocycles. The number of benzene rings is 1. The lowest BCUT2D eigenvalue weighted by Gasteiger charge is -2.25. The summed E-state index contributed by atoms with van der Waals surface area (Å²) in [5.74, 6) is 0.0970. The zero-order valence-corrected chi connectivity index (χ0v) is 16.9. The Hall–Kier alpha value is -2.09. The van der Waals surface area contributed by atoms with Crippen LogP contribution in [0.15, 0.2) is 35.0 Å². The van der Waals surface area contributed by atoms with Gasteiger partial charge in [-0.2, -0.15) is 11.3 Å². The first-order valence-electron chi connectivity index (χ1n) is 9.02. The lowest BCUT2D eigenvalue weighted by molar-refractivity contribution is 0.229. The molecule has 2 aromatic rings. The normalized spacial score (nSPS) is 13.4. The molecule has 148 valence electrons. The SMILES string of the molecule is C[C@@H](Cc1ccsc1)NC(=O)NCC(Cc1ccc(O)c(CO)c1)N(C)C. The number of aliphatic hydroxyl groups is 1. The van der Waals surface area contributed by atoms with Gasteiger partial charge < -0.3 is 25.7 Å². The van der Waals surface area contributed by atoms with Gasteiger partial charge in [-0.3, -0.25) is 0 Å². The number of aromatic hydroxyl groups is 1. The highest BCUT2D eigenvalue weighted by molar-refractivity contribution is 7.07. The van der Waals surface area contributed by atoms with Crippen molar-refractivity contribution in [2.24, 2.45) is 0 Å². The Morgan fingerprint density at radius 1 is 1.22 bits per heavy atom. The van der Waals surface area contributed by atoms with E-state index in [0.29, 0.717) is 18.5 Å². The number of phenols is 1. The second-order valence-corrected chi connectivity index (χ2v) is 7.81. The number of carbonyl (C=O) groups excluding carboxylic acids is 1. The van der Waals surface area contributed by atoms with E-state index >= 15 is 0 Å². The Labute approximate surface area is 164 Å². The number of amides is 2. The van der Waals surface area contributed by atoms with Crippen molar-refractivity contribution in [3.8, 4) is 5.75 Å². The Morgan fingerprint density at radius 2 is 2.00 bits per heavy atom. The highest BCUT2D eigenvalue weighted by atomic mass is 32.1. The topological polar surface area (TPSA) is 84.8 Å². The van der Waals surface area contributed by atoms with E-state index in [0.717, 1.165) is 12.0 Å². The van der Waals surface area contributed by atoms with Gasteiger partial charge in [0, 0.05) is 24.2 Å². The highest BCUT2D eigenvalue weighted by Crippen LogP contribution is 2.19. The fourth-order valence-corrected chi connectivity index (χ4v) is 3.58. The van der Waals surface area contributed by atoms with Crippen LogP contribution in [0, 0.1) is 0 Å². The van der Waals surface area contributed by atoms with Crippen LogP contribution in [0.5, 0.6) is 5.75 Å². The predicted molar refractivity (Wildman–Crippen MR) is 109 cm³/mol. The van der Waals surface area contributed by atoms with Gasteiger partial charge in [-0.1, -0.05) is 6.07 Å². The second-order valence-electron chi connectivity index (χ2n) is 7.03. The molecule has 27 heavy (non-hydrogen) atoms. The van der Waals surface area contributed by atoms with Gasteiger partial charge in [0.25, 0.3) is 0 Å². The molecule has 7 heteroatoms. The van der Waals surface area contributed by atoms with Gasteiger partial charge in [0.1, 0.15) is 5.75 Å². The number of nitrogens with one attached hydrogen (secondary N) is 2. The van der Waals surface area contributed by atoms with Gasteiger partial charge in [0.05, 0.1) is 6.61 Å². The third-order valence-electron chi connectivity index (χ3n) is 4.51. The van der Waals surface area contributed by atoms with E-state index in [1.807, 2.05) is 32.5 Å². The van der Waals surface area contributed by atoms with Crippen molar-refractivity contribution >= 4 is 17.4 Å². The van der Waals surface area contributed by atoms with Gasteiger partial charge in [-0.25, -0.2) is 4.79 Å². The van der Waals surface area contributed by atoms with Crippen LogP contribution in [0.2, 0.25) is 0 Å². The first-order chi connectivity index (χ1) is 12.9. The molecule has 6 nitrogen and oxygen atoms in total. The van der Waals surface area contributed by atoms with Crippen molar-refractivity contribution in [1.29, 1.82) is 0 Å². The number of aliphatic hydroxyl groups excluding tert-OH is 1. The Bertz CT molecular complexity index is 719. The van der Waals surface area contributed by atoms with Crippen LogP contribution < -0.4 is 10.6 Å². The number of likely N-dealkylation sites (N-methyl/N-ethyl adjacent to an activating group) is 1. The lowest BCUT2D eigenvalue weighted by Crippen LogP contribution is -2.47. The quantitative estimate of drug-likeness (QED) is 0.529. The molecule has 0 bridgehead atoms. The molecule has 0 aliphatic heterocycles. The number of rotatable bonds is 9. The number of carbonyl (C=O) groups is 1. The molecule has 1 aromatic heterocycles. The summed E-state index contributed by atoms with van der Waals surface area (Å²) in [5, 5.41) is 29.0. The first kappa shape index (κ1) is 21.2. The minimum Gasteiger partial charge on any atom is -0.508 e. The smallest absolute Gasteiger partial charge is 0.315 e. The summed E-state index contributed by atoms with van der Waals surface area (Å²) in [6.45, 7) is 2.29. The zero-order chi connectivity index (χ0) is 19.8. The van der Waals surface area contributed by atoms with E-state index in [2.05, 4.69) is 27.0 Å². The molecule has 0 fully saturated rings. The number of thiophene rings is 1. The summed E-state index contributed by atoms with van der Waals surface area (Å²) in [7, 11) is 3.94. The molecular formula is C20H29N3O3S. The standard InChI is InChI=1S/C20H29N3O3S/c1-14(8-16-6-7-27-13-16)22-20(26)21-11-18(23(2)3)10-15-4-5-19(25)17(9-15)12-24/h4-7,9,13-14,18,24-25H,8,10-12H2,1-3H3,(H2,21,22,26)/t14-,18?/m0/s1. The minimum atomic E-state index is -0.199. The van der Waals surface area contributed by atoms with E-state index in [1.54, 1.807) is 23.5 Å². The van der Waals surface area contributed by atoms with E-state index in [1.165, 1.54) is 5.56 Å². The van der Waals surface area contributed by atoms with E-state index in [9.17, 15) is 15.0 Å². The molecule has 1 heterocycles. The Kier molecular flexibility index (Phi) is 8.09. The van der Waals surface area contributed by atoms with Crippen molar-refractivity contribution < 1.29 is 15.0 Å². The van der Waals surface area contributed by atoms with Crippen molar-refractivity contribution in [2.45, 2.75) is 38.5 Å². The summed E-state index contributed by atoms with van der Waals surface area (Å²) in [5.41, 5.74) is 2.74. The number of nitrogens with zero attached hydrogens (tertiary/aromatic N) is 1. The Balaban J connectivity index is 1.85. The molecule has 1 unspecified atom stereocenters. The summed E-state index contributed by atoms with van der Waals surface area (Å²) in [6.07, 6.45) is 1.51. The minimum absolute atomic E-state index is 0.0571. The lowest BCUT2D eigenvalue weighted by atomic mass is 10.0. The first-order valence-corrected chi connectivity index (χ1v) is 9.96. The van der Waals surface area contributed by atoms with Gasteiger partial charge in [0.15, 0.2) is 0 Å². The second kappa shape index (κ2) is 10.3. The maximum Gasteiger partial charge on any atom is 0.315 e. The largest absolute Gasteiger partial charge is 0.508 e. The van der Waals surface area contributed by atoms with E-state index < -0.39 is 0 Å². The number of hydrogen-bond donors (Lipinski definition) is 4. The summed E-state index contributed by atoms with van der Waals surface area (Å²) < 4.78 is 0. The van der Waals surface area contributed by atoms with Crippen LogP contribution in [-0.4, -0.2) is 53.9 Å². The highest BCUT2D eigenvalue weighted by Gasteiger charge is 2.16. The molecule has 4 N–H and O–H groups in total. The summed E-state index contributed by atoms with van der Waals surface area (Å²) >= 11 is 1.66. The molecule has 2 amide bonds. The van der Waals surface area contributed by atoms with Crippen LogP contribution >= 0.6 is 11.3 Å².